The summed E-state index contributed by atoms with van der Waals surface area (Å²) in [5, 5.41) is 0. The molecule has 0 saturated heterocycles. The summed E-state index contributed by atoms with van der Waals surface area (Å²) in [6.07, 6.45) is 1.69. The number of amides is 3. The van der Waals surface area contributed by atoms with Crippen molar-refractivity contribution in [2.45, 2.75) is 6.42 Å². The Morgan fingerprint density at radius 1 is 1.46 bits per heavy atom. The van der Waals surface area contributed by atoms with Crippen molar-refractivity contribution in [1.82, 2.24) is 0 Å². The molecule has 3 amide bonds. The van der Waals surface area contributed by atoms with E-state index in [9.17, 15) is 14.4 Å². The van der Waals surface area contributed by atoms with Gasteiger partial charge in [0.25, 0.3) is 0 Å². The largest absolute Gasteiger partial charge is 0.581 e. The fourth-order valence-electron chi connectivity index (χ4n) is 0.381. The van der Waals surface area contributed by atoms with Gasteiger partial charge in [0, 0.05) is 6.40 Å². The number of carbonyl (C=O) groups is 3. The third-order valence-electron chi connectivity index (χ3n) is 0.779. The Morgan fingerprint density at radius 2 is 2.00 bits per heavy atom. The van der Waals surface area contributed by atoms with Gasteiger partial charge in [-0.2, -0.15) is 0 Å². The molecule has 0 aliphatic carbocycles. The Bertz CT molecular complexity index is 236. The lowest BCUT2D eigenvalue weighted by molar-refractivity contribution is -0.125. The van der Waals surface area contributed by atoms with Crippen molar-refractivity contribution in [1.29, 1.82) is 0 Å². The van der Waals surface area contributed by atoms with Gasteiger partial charge in [0.15, 0.2) is 0 Å². The molecule has 72 valence electrons. The molecule has 0 aromatic rings. The third-order valence-corrected chi connectivity index (χ3v) is 0.779. The van der Waals surface area contributed by atoms with E-state index in [1.54, 1.807) is 0 Å². The lowest BCUT2D eigenvalue weighted by Crippen LogP contribution is -2.21. The highest BCUT2D eigenvalue weighted by Gasteiger charge is 1.96. The molecule has 4 N–H and O–H groups in total. The van der Waals surface area contributed by atoms with E-state index in [1.165, 1.54) is 0 Å². The number of aliphatic imine (C=N–C) groups is 1. The number of hydrogen-bond acceptors (Lipinski definition) is 4. The predicted molar refractivity (Wildman–Crippen MR) is 41.4 cm³/mol. The van der Waals surface area contributed by atoms with Crippen LogP contribution >= 0.6 is 0 Å². The molecule has 1 aliphatic rings. The highest BCUT2D eigenvalue weighted by Crippen LogP contribution is 1.83. The number of ether oxygens (including phenoxy) is 1. The second-order valence-electron chi connectivity index (χ2n) is 1.99. The summed E-state index contributed by atoms with van der Waals surface area (Å²) in [6, 6.07) is 0. The van der Waals surface area contributed by atoms with E-state index in [0.717, 1.165) is 0 Å². The van der Waals surface area contributed by atoms with E-state index in [1.807, 2.05) is 6.40 Å². The first-order valence-corrected chi connectivity index (χ1v) is 3.19. The van der Waals surface area contributed by atoms with Crippen LogP contribution in [-0.2, 0) is 19.1 Å². The van der Waals surface area contributed by atoms with Crippen molar-refractivity contribution in [3.05, 3.63) is 0 Å². The van der Waals surface area contributed by atoms with Gasteiger partial charge in [-0.05, 0) is 0 Å². The molecule has 0 spiro atoms. The Kier molecular flexibility index (Phi) is 4.85. The van der Waals surface area contributed by atoms with Crippen molar-refractivity contribution in [3.8, 4) is 0 Å². The van der Waals surface area contributed by atoms with Gasteiger partial charge in [-0.3, -0.25) is 9.59 Å². The van der Waals surface area contributed by atoms with E-state index in [4.69, 9.17) is 0 Å². The zero-order valence-electron chi connectivity index (χ0n) is 6.65. The summed E-state index contributed by atoms with van der Waals surface area (Å²) in [4.78, 5) is 32.5. The standard InChI is InChI=1S/C3H6N2O2.C3H2NO2/c4-2(6)1-3(5)7;5-3-1-6-2-4-3/h1H2,(H2,4,6)(H2,5,7);1H2/q;-1. The van der Waals surface area contributed by atoms with Crippen LogP contribution in [0, 0.1) is 0 Å². The SMILES string of the molecule is NC(=O)CC(N)=O.O=C1CO[C-]=N1. The second-order valence-corrected chi connectivity index (χ2v) is 1.99. The van der Waals surface area contributed by atoms with Crippen LogP contribution in [-0.4, -0.2) is 30.7 Å². The lowest BCUT2D eigenvalue weighted by Gasteiger charge is -1.87. The van der Waals surface area contributed by atoms with Crippen LogP contribution in [0.3, 0.4) is 0 Å². The maximum atomic E-state index is 9.89. The van der Waals surface area contributed by atoms with Gasteiger partial charge >= 0.3 is 0 Å². The average molecular weight is 186 g/mol. The Balaban J connectivity index is 0.000000223. The lowest BCUT2D eigenvalue weighted by atomic mass is 10.4. The number of rotatable bonds is 2. The van der Waals surface area contributed by atoms with E-state index < -0.39 is 11.8 Å². The van der Waals surface area contributed by atoms with Gasteiger partial charge in [-0.1, -0.05) is 0 Å². The first-order valence-electron chi connectivity index (χ1n) is 3.19. The van der Waals surface area contributed by atoms with Gasteiger partial charge in [0.1, 0.15) is 12.3 Å². The zero-order valence-corrected chi connectivity index (χ0v) is 6.65. The smallest absolute Gasteiger partial charge is 0.226 e. The van der Waals surface area contributed by atoms with Crippen LogP contribution in [0.5, 0.6) is 0 Å². The normalized spacial score (nSPS) is 12.8. The van der Waals surface area contributed by atoms with Crippen molar-refractivity contribution >= 4 is 24.1 Å². The summed E-state index contributed by atoms with van der Waals surface area (Å²) in [7, 11) is 0. The molecule has 0 aromatic heterocycles. The molecule has 0 aromatic carbocycles. The Morgan fingerprint density at radius 3 is 2.08 bits per heavy atom. The average Bonchev–Trinajstić information content (AvgIpc) is 2.37. The van der Waals surface area contributed by atoms with Crippen molar-refractivity contribution in [3.63, 3.8) is 0 Å². The van der Waals surface area contributed by atoms with Gasteiger partial charge in [0.2, 0.25) is 11.8 Å². The molecule has 1 rings (SSSR count). The highest BCUT2D eigenvalue weighted by molar-refractivity contribution is 5.95. The molecule has 0 fully saturated rings. The van der Waals surface area contributed by atoms with Crippen molar-refractivity contribution in [2.24, 2.45) is 16.5 Å². The summed E-state index contributed by atoms with van der Waals surface area (Å²) in [5.74, 6) is -1.63. The number of primary amides is 2. The molecule has 0 atom stereocenters. The fourth-order valence-corrected chi connectivity index (χ4v) is 0.381. The van der Waals surface area contributed by atoms with Crippen LogP contribution in [0.2, 0.25) is 0 Å². The van der Waals surface area contributed by atoms with E-state index in [-0.39, 0.29) is 18.9 Å². The highest BCUT2D eigenvalue weighted by atomic mass is 16.5. The molecule has 7 heteroatoms. The molecule has 0 unspecified atom stereocenters. The van der Waals surface area contributed by atoms with E-state index in [2.05, 4.69) is 21.2 Å². The minimum absolute atomic E-state index is 0.0694. The molecule has 0 bridgehead atoms. The van der Waals surface area contributed by atoms with Crippen LogP contribution in [0.1, 0.15) is 6.42 Å². The van der Waals surface area contributed by atoms with Crippen LogP contribution < -0.4 is 11.5 Å². The summed E-state index contributed by atoms with van der Waals surface area (Å²) >= 11 is 0. The monoisotopic (exact) mass is 186 g/mol. The Hall–Kier alpha value is -1.92. The first kappa shape index (κ1) is 11.1. The molecule has 0 saturated carbocycles. The number of nitrogens with two attached hydrogens (primary N) is 2. The predicted octanol–water partition coefficient (Wildman–Crippen LogP) is -2.20. The van der Waals surface area contributed by atoms with Crippen LogP contribution in [0.4, 0.5) is 0 Å². The van der Waals surface area contributed by atoms with Crippen LogP contribution in [0.15, 0.2) is 4.99 Å². The minimum atomic E-state index is -0.687. The number of carbonyl (C=O) groups excluding carboxylic acids is 3. The van der Waals surface area contributed by atoms with Gasteiger partial charge in [-0.15, -0.1) is 0 Å². The summed E-state index contributed by atoms with van der Waals surface area (Å²) < 4.78 is 4.29. The Labute approximate surface area is 73.7 Å². The van der Waals surface area contributed by atoms with Crippen LogP contribution in [0.25, 0.3) is 0 Å². The fraction of sp³-hybridized carbons (Fsp3) is 0.333. The quantitative estimate of drug-likeness (QED) is 0.374. The van der Waals surface area contributed by atoms with Crippen molar-refractivity contribution < 1.29 is 19.1 Å². The third kappa shape index (κ3) is 7.98. The van der Waals surface area contributed by atoms with Gasteiger partial charge < -0.3 is 26.0 Å². The number of hydrogen-bond donors (Lipinski definition) is 2. The second kappa shape index (κ2) is 5.70. The molecule has 1 aliphatic heterocycles. The summed E-state index contributed by atoms with van der Waals surface area (Å²) in [6.45, 7) is 0.0694. The molecular formula is C6H8N3O4-. The molecule has 7 nitrogen and oxygen atoms in total. The summed E-state index contributed by atoms with van der Waals surface area (Å²) in [5.41, 5.74) is 9.11. The van der Waals surface area contributed by atoms with Gasteiger partial charge in [0.05, 0.1) is 6.61 Å². The molecule has 1 heterocycles. The molecule has 0 radical (unpaired) electrons. The maximum Gasteiger partial charge on any atom is 0.226 e. The maximum absolute atomic E-state index is 9.89. The van der Waals surface area contributed by atoms with E-state index in [0.29, 0.717) is 0 Å². The first-order chi connectivity index (χ1) is 6.02. The molecular weight excluding hydrogens is 178 g/mol. The number of nitrogens with zero attached hydrogens (tertiary/aromatic N) is 1. The topological polar surface area (TPSA) is 125 Å². The minimum Gasteiger partial charge on any atom is -0.581 e. The van der Waals surface area contributed by atoms with E-state index >= 15 is 0 Å². The van der Waals surface area contributed by atoms with Crippen molar-refractivity contribution in [2.75, 3.05) is 6.61 Å². The zero-order chi connectivity index (χ0) is 10.3. The molecule has 13 heavy (non-hydrogen) atoms. The van der Waals surface area contributed by atoms with Gasteiger partial charge in [-0.25, -0.2) is 0 Å².